The summed E-state index contributed by atoms with van der Waals surface area (Å²) in [6.45, 7) is 3.99. The largest absolute Gasteiger partial charge is 0.466 e. The molecule has 0 radical (unpaired) electrons. The van der Waals surface area contributed by atoms with Crippen molar-refractivity contribution in [3.8, 4) is 10.6 Å². The van der Waals surface area contributed by atoms with Gasteiger partial charge in [0.05, 0.1) is 23.8 Å². The minimum atomic E-state index is -0.600. The third-order valence-corrected chi connectivity index (χ3v) is 6.18. The highest BCUT2D eigenvalue weighted by Crippen LogP contribution is 2.32. The fourth-order valence-electron chi connectivity index (χ4n) is 3.55. The Labute approximate surface area is 165 Å². The van der Waals surface area contributed by atoms with Gasteiger partial charge >= 0.3 is 5.97 Å². The molecule has 0 spiro atoms. The molecule has 0 saturated carbocycles. The van der Waals surface area contributed by atoms with Crippen LogP contribution < -0.4 is 10.2 Å². The molecular weight excluding hydrogens is 383 g/mol. The number of fused-ring (bicyclic) bond motifs is 1. The van der Waals surface area contributed by atoms with Crippen LogP contribution in [0, 0.1) is 11.9 Å². The molecule has 0 aromatic carbocycles. The highest BCUT2D eigenvalue weighted by atomic mass is 32.1. The number of nitrogens with one attached hydrogen (secondary N) is 1. The summed E-state index contributed by atoms with van der Waals surface area (Å²) in [5.74, 6) is -0.472. The predicted octanol–water partition coefficient (Wildman–Crippen LogP) is 2.41. The van der Waals surface area contributed by atoms with Crippen LogP contribution in [0.3, 0.4) is 0 Å². The second-order valence-corrected chi connectivity index (χ2v) is 7.82. The first-order chi connectivity index (χ1) is 13.6. The molecular formula is C19H21FN4O3S. The lowest BCUT2D eigenvalue weighted by Gasteiger charge is -2.31. The van der Waals surface area contributed by atoms with Crippen molar-refractivity contribution in [1.29, 1.82) is 0 Å². The van der Waals surface area contributed by atoms with Crippen molar-refractivity contribution in [2.75, 3.05) is 31.1 Å². The summed E-state index contributed by atoms with van der Waals surface area (Å²) in [5.41, 5.74) is 1.02. The second-order valence-electron chi connectivity index (χ2n) is 6.82. The van der Waals surface area contributed by atoms with Crippen LogP contribution in [-0.4, -0.2) is 48.1 Å². The quantitative estimate of drug-likeness (QED) is 0.622. The fraction of sp³-hybridized carbons (Fsp3) is 0.474. The van der Waals surface area contributed by atoms with Gasteiger partial charge in [-0.05, 0) is 31.9 Å². The Morgan fingerprint density at radius 1 is 1.36 bits per heavy atom. The average Bonchev–Trinajstić information content (AvgIpc) is 3.13. The number of pyridine rings is 1. The maximum absolute atomic E-state index is 14.7. The Balaban J connectivity index is 1.48. The Hall–Kier alpha value is -2.55. The van der Waals surface area contributed by atoms with Crippen molar-refractivity contribution < 1.29 is 18.7 Å². The minimum absolute atomic E-state index is 0.104. The van der Waals surface area contributed by atoms with Gasteiger partial charge in [-0.1, -0.05) is 0 Å². The van der Waals surface area contributed by atoms with Crippen molar-refractivity contribution in [2.45, 2.75) is 26.2 Å². The summed E-state index contributed by atoms with van der Waals surface area (Å²) in [6.07, 6.45) is 1.98. The molecule has 0 aliphatic carbocycles. The number of hydrogen-bond acceptors (Lipinski definition) is 7. The molecule has 28 heavy (non-hydrogen) atoms. The van der Waals surface area contributed by atoms with Crippen LogP contribution in [-0.2, 0) is 16.0 Å². The van der Waals surface area contributed by atoms with Gasteiger partial charge in [0.1, 0.15) is 15.7 Å². The smallest absolute Gasteiger partial charge is 0.309 e. The Morgan fingerprint density at radius 2 is 2.14 bits per heavy atom. The molecule has 0 atom stereocenters. The standard InChI is InChI=1S/C19H21FN4O3S/c1-2-27-19(26)11-6-9-24(10-7-11)14-4-3-12(16(20)23-14)18-22-13-5-8-21-17(25)15(13)28-18/h3-4,11H,2,5-10H2,1H3,(H,21,25). The normalized spacial score (nSPS) is 17.2. The van der Waals surface area contributed by atoms with Gasteiger partial charge in [-0.25, -0.2) is 9.97 Å². The molecule has 2 aliphatic rings. The molecule has 1 saturated heterocycles. The van der Waals surface area contributed by atoms with E-state index in [1.165, 1.54) is 11.3 Å². The van der Waals surface area contributed by atoms with Gasteiger partial charge in [-0.3, -0.25) is 9.59 Å². The van der Waals surface area contributed by atoms with E-state index in [0.29, 0.717) is 72.5 Å². The van der Waals surface area contributed by atoms with Crippen LogP contribution in [0.4, 0.5) is 10.2 Å². The number of carbonyl (C=O) groups excluding carboxylic acids is 2. The van der Waals surface area contributed by atoms with Crippen LogP contribution in [0.2, 0.25) is 0 Å². The Kier molecular flexibility index (Phi) is 5.25. The first-order valence-corrected chi connectivity index (χ1v) is 10.2. The highest BCUT2D eigenvalue weighted by Gasteiger charge is 2.28. The first kappa shape index (κ1) is 18.8. The van der Waals surface area contributed by atoms with Gasteiger partial charge in [0, 0.05) is 26.1 Å². The number of hydrogen-bond donors (Lipinski definition) is 1. The van der Waals surface area contributed by atoms with Gasteiger partial charge in [-0.2, -0.15) is 4.39 Å². The van der Waals surface area contributed by atoms with Crippen LogP contribution in [0.1, 0.15) is 35.1 Å². The fourth-order valence-corrected chi connectivity index (χ4v) is 4.60. The lowest BCUT2D eigenvalue weighted by molar-refractivity contribution is -0.148. The predicted molar refractivity (Wildman–Crippen MR) is 103 cm³/mol. The van der Waals surface area contributed by atoms with Crippen molar-refractivity contribution in [1.82, 2.24) is 15.3 Å². The third kappa shape index (κ3) is 3.58. The Bertz CT molecular complexity index is 909. The van der Waals surface area contributed by atoms with Crippen LogP contribution in [0.5, 0.6) is 0 Å². The average molecular weight is 404 g/mol. The van der Waals surface area contributed by atoms with E-state index in [0.717, 1.165) is 0 Å². The zero-order valence-corrected chi connectivity index (χ0v) is 16.4. The van der Waals surface area contributed by atoms with Crippen molar-refractivity contribution in [3.05, 3.63) is 28.7 Å². The molecule has 2 aliphatic heterocycles. The molecule has 7 nitrogen and oxygen atoms in total. The molecule has 1 fully saturated rings. The number of carbonyl (C=O) groups is 2. The van der Waals surface area contributed by atoms with E-state index in [1.54, 1.807) is 19.1 Å². The summed E-state index contributed by atoms with van der Waals surface area (Å²) in [7, 11) is 0. The number of esters is 1. The van der Waals surface area contributed by atoms with Crippen LogP contribution in [0.25, 0.3) is 10.6 Å². The summed E-state index contributed by atoms with van der Waals surface area (Å²) in [5, 5.41) is 3.24. The molecule has 9 heteroatoms. The maximum Gasteiger partial charge on any atom is 0.309 e. The number of piperidine rings is 1. The molecule has 1 amide bonds. The summed E-state index contributed by atoms with van der Waals surface area (Å²) in [6, 6.07) is 3.43. The molecule has 4 heterocycles. The van der Waals surface area contributed by atoms with E-state index < -0.39 is 5.95 Å². The van der Waals surface area contributed by atoms with E-state index in [9.17, 15) is 14.0 Å². The molecule has 4 rings (SSSR count). The molecule has 2 aromatic rings. The SMILES string of the molecule is CCOC(=O)C1CCN(c2ccc(-c3nc4c(s3)C(=O)NCC4)c(F)n2)CC1. The maximum atomic E-state index is 14.7. The van der Waals surface area contributed by atoms with Gasteiger partial charge < -0.3 is 15.0 Å². The van der Waals surface area contributed by atoms with Gasteiger partial charge in [0.2, 0.25) is 5.95 Å². The molecule has 148 valence electrons. The third-order valence-electron chi connectivity index (χ3n) is 5.05. The molecule has 1 N–H and O–H groups in total. The molecule has 2 aromatic heterocycles. The number of anilines is 1. The molecule has 0 bridgehead atoms. The minimum Gasteiger partial charge on any atom is -0.466 e. The van der Waals surface area contributed by atoms with Gasteiger partial charge in [0.25, 0.3) is 5.91 Å². The van der Waals surface area contributed by atoms with Gasteiger partial charge in [-0.15, -0.1) is 11.3 Å². The van der Waals surface area contributed by atoms with E-state index >= 15 is 0 Å². The van der Waals surface area contributed by atoms with Crippen molar-refractivity contribution in [2.24, 2.45) is 5.92 Å². The number of rotatable bonds is 4. The van der Waals surface area contributed by atoms with Crippen molar-refractivity contribution >= 4 is 29.0 Å². The zero-order chi connectivity index (χ0) is 19.7. The summed E-state index contributed by atoms with van der Waals surface area (Å²) < 4.78 is 19.8. The van der Waals surface area contributed by atoms with E-state index in [-0.39, 0.29) is 17.8 Å². The Morgan fingerprint density at radius 3 is 2.82 bits per heavy atom. The number of amides is 1. The lowest BCUT2D eigenvalue weighted by Crippen LogP contribution is -2.37. The van der Waals surface area contributed by atoms with Crippen LogP contribution >= 0.6 is 11.3 Å². The summed E-state index contributed by atoms with van der Waals surface area (Å²) in [4.78, 5) is 34.8. The first-order valence-electron chi connectivity index (χ1n) is 9.43. The summed E-state index contributed by atoms with van der Waals surface area (Å²) >= 11 is 1.19. The second kappa shape index (κ2) is 7.83. The number of thiazole rings is 1. The van der Waals surface area contributed by atoms with Crippen LogP contribution in [0.15, 0.2) is 12.1 Å². The zero-order valence-electron chi connectivity index (χ0n) is 15.5. The van der Waals surface area contributed by atoms with E-state index in [1.807, 2.05) is 4.90 Å². The lowest BCUT2D eigenvalue weighted by atomic mass is 9.97. The monoisotopic (exact) mass is 404 g/mol. The number of nitrogens with zero attached hydrogens (tertiary/aromatic N) is 3. The van der Waals surface area contributed by atoms with Crippen molar-refractivity contribution in [3.63, 3.8) is 0 Å². The van der Waals surface area contributed by atoms with E-state index in [2.05, 4.69) is 15.3 Å². The highest BCUT2D eigenvalue weighted by molar-refractivity contribution is 7.17. The number of aromatic nitrogens is 2. The molecule has 0 unspecified atom stereocenters. The van der Waals surface area contributed by atoms with Gasteiger partial charge in [0.15, 0.2) is 0 Å². The topological polar surface area (TPSA) is 84.4 Å². The number of ether oxygens (including phenoxy) is 1. The number of halogens is 1. The van der Waals surface area contributed by atoms with E-state index in [4.69, 9.17) is 4.74 Å².